The molecule has 0 amide bonds. The molecule has 0 aromatic carbocycles. The van der Waals surface area contributed by atoms with Gasteiger partial charge in [-0.1, -0.05) is 85.0 Å². The Balaban J connectivity index is 2.00. The summed E-state index contributed by atoms with van der Waals surface area (Å²) in [4.78, 5) is 0. The average molecular weight is 333 g/mol. The molecule has 0 fully saturated rings. The fourth-order valence-corrected chi connectivity index (χ4v) is 3.43. The molecule has 1 heteroatoms. The third kappa shape index (κ3) is 10.1. The fourth-order valence-electron chi connectivity index (χ4n) is 3.43. The molecule has 1 rings (SSSR count). The SMILES string of the molecule is CCCCCCCCCCCCCC[n+]1cc(CC)cc(CC)c1. The largest absolute Gasteiger partial charge is 0.205 e. The van der Waals surface area contributed by atoms with E-state index in [9.17, 15) is 0 Å². The van der Waals surface area contributed by atoms with Gasteiger partial charge in [0, 0.05) is 17.5 Å². The predicted molar refractivity (Wildman–Crippen MR) is 106 cm³/mol. The predicted octanol–water partition coefficient (Wildman–Crippen LogP) is 6.80. The van der Waals surface area contributed by atoms with Gasteiger partial charge in [-0.05, 0) is 25.3 Å². The molecule has 1 aromatic heterocycles. The minimum absolute atomic E-state index is 1.15. The van der Waals surface area contributed by atoms with E-state index in [0.29, 0.717) is 0 Å². The first-order chi connectivity index (χ1) is 11.8. The van der Waals surface area contributed by atoms with Crippen molar-refractivity contribution in [2.75, 3.05) is 0 Å². The van der Waals surface area contributed by atoms with Crippen LogP contribution in [0.25, 0.3) is 0 Å². The Morgan fingerprint density at radius 2 is 1.00 bits per heavy atom. The first kappa shape index (κ1) is 21.2. The normalized spacial score (nSPS) is 11.1. The van der Waals surface area contributed by atoms with Crippen molar-refractivity contribution in [3.63, 3.8) is 0 Å². The van der Waals surface area contributed by atoms with Crippen LogP contribution in [0, 0.1) is 0 Å². The van der Waals surface area contributed by atoms with E-state index in [0.717, 1.165) is 12.8 Å². The highest BCUT2D eigenvalue weighted by Crippen LogP contribution is 2.12. The number of nitrogens with zero attached hydrogens (tertiary/aromatic N) is 1. The van der Waals surface area contributed by atoms with Gasteiger partial charge in [0.25, 0.3) is 0 Å². The Hall–Kier alpha value is -0.850. The van der Waals surface area contributed by atoms with Crippen LogP contribution in [0.2, 0.25) is 0 Å². The summed E-state index contributed by atoms with van der Waals surface area (Å²) in [6, 6.07) is 2.36. The van der Waals surface area contributed by atoms with Gasteiger partial charge in [-0.3, -0.25) is 0 Å². The molecule has 1 heterocycles. The lowest BCUT2D eigenvalue weighted by Gasteiger charge is -2.04. The van der Waals surface area contributed by atoms with Crippen molar-refractivity contribution in [3.8, 4) is 0 Å². The average Bonchev–Trinajstić information content (AvgIpc) is 2.62. The summed E-state index contributed by atoms with van der Waals surface area (Å²) in [7, 11) is 0. The van der Waals surface area contributed by atoms with Crippen molar-refractivity contribution in [1.82, 2.24) is 0 Å². The molecular weight excluding hydrogens is 290 g/mol. The van der Waals surface area contributed by atoms with Gasteiger partial charge in [-0.25, -0.2) is 4.57 Å². The number of unbranched alkanes of at least 4 members (excludes halogenated alkanes) is 11. The maximum Gasteiger partial charge on any atom is 0.171 e. The van der Waals surface area contributed by atoms with Gasteiger partial charge >= 0.3 is 0 Å². The van der Waals surface area contributed by atoms with E-state index in [4.69, 9.17) is 0 Å². The summed E-state index contributed by atoms with van der Waals surface area (Å²) in [5, 5.41) is 0. The van der Waals surface area contributed by atoms with Gasteiger partial charge in [0.15, 0.2) is 12.4 Å². The van der Waals surface area contributed by atoms with E-state index in [-0.39, 0.29) is 0 Å². The summed E-state index contributed by atoms with van der Waals surface area (Å²) in [5.74, 6) is 0. The third-order valence-corrected chi connectivity index (χ3v) is 5.12. The fraction of sp³-hybridized carbons (Fsp3) is 0.783. The standard InChI is InChI=1S/C23H42N/c1-4-7-8-9-10-11-12-13-14-15-16-17-18-24-20-22(5-2)19-23(6-3)21-24/h19-21H,4-18H2,1-3H3/q+1. The molecule has 1 nitrogen and oxygen atoms in total. The molecule has 1 aromatic rings. The molecule has 0 radical (unpaired) electrons. The van der Waals surface area contributed by atoms with Crippen LogP contribution >= 0.6 is 0 Å². The van der Waals surface area contributed by atoms with E-state index in [1.54, 1.807) is 0 Å². The topological polar surface area (TPSA) is 3.88 Å². The van der Waals surface area contributed by atoms with Gasteiger partial charge in [0.2, 0.25) is 0 Å². The molecule has 138 valence electrons. The van der Waals surface area contributed by atoms with E-state index in [2.05, 4.69) is 43.8 Å². The maximum atomic E-state index is 2.42. The number of hydrogen-bond acceptors (Lipinski definition) is 0. The van der Waals surface area contributed by atoms with Gasteiger partial charge in [-0.15, -0.1) is 0 Å². The maximum absolute atomic E-state index is 2.42. The lowest BCUT2D eigenvalue weighted by molar-refractivity contribution is -0.698. The second-order valence-electron chi connectivity index (χ2n) is 7.39. The molecule has 0 saturated carbocycles. The molecule has 0 spiro atoms. The van der Waals surface area contributed by atoms with Crippen LogP contribution in [0.15, 0.2) is 18.5 Å². The molecular formula is C23H42N+. The number of rotatable bonds is 15. The Morgan fingerprint density at radius 3 is 1.42 bits per heavy atom. The van der Waals surface area contributed by atoms with Gasteiger partial charge in [0.1, 0.15) is 6.54 Å². The van der Waals surface area contributed by atoms with Crippen LogP contribution in [-0.4, -0.2) is 0 Å². The van der Waals surface area contributed by atoms with Gasteiger partial charge in [0.05, 0.1) is 0 Å². The zero-order chi connectivity index (χ0) is 17.5. The third-order valence-electron chi connectivity index (χ3n) is 5.12. The monoisotopic (exact) mass is 332 g/mol. The second-order valence-corrected chi connectivity index (χ2v) is 7.39. The van der Waals surface area contributed by atoms with Crippen LogP contribution in [0.1, 0.15) is 109 Å². The van der Waals surface area contributed by atoms with Crippen LogP contribution < -0.4 is 4.57 Å². The Bertz CT molecular complexity index is 388. The van der Waals surface area contributed by atoms with Crippen molar-refractivity contribution >= 4 is 0 Å². The molecule has 0 aliphatic carbocycles. The molecule has 0 N–H and O–H groups in total. The first-order valence-corrected chi connectivity index (χ1v) is 10.8. The second kappa shape index (κ2) is 14.5. The Morgan fingerprint density at radius 1 is 0.583 bits per heavy atom. The van der Waals surface area contributed by atoms with E-state index < -0.39 is 0 Å². The minimum Gasteiger partial charge on any atom is -0.205 e. The quantitative estimate of drug-likeness (QED) is 0.245. The highest BCUT2D eigenvalue weighted by Gasteiger charge is 2.05. The van der Waals surface area contributed by atoms with E-state index in [1.165, 1.54) is 94.7 Å². The van der Waals surface area contributed by atoms with Crippen molar-refractivity contribution in [2.45, 2.75) is 117 Å². The highest BCUT2D eigenvalue weighted by atomic mass is 14.9. The zero-order valence-corrected chi connectivity index (χ0v) is 16.8. The summed E-state index contributed by atoms with van der Waals surface area (Å²) in [6.07, 6.45) is 24.1. The number of pyridine rings is 1. The Kier molecular flexibility index (Phi) is 12.8. The molecule has 0 bridgehead atoms. The highest BCUT2D eigenvalue weighted by molar-refractivity contribution is 5.14. The molecule has 0 saturated heterocycles. The lowest BCUT2D eigenvalue weighted by atomic mass is 10.1. The molecule has 0 aliphatic rings. The van der Waals surface area contributed by atoms with Gasteiger partial charge in [-0.2, -0.15) is 0 Å². The summed E-state index contributed by atoms with van der Waals surface area (Å²) in [6.45, 7) is 7.99. The number of hydrogen-bond donors (Lipinski definition) is 0. The van der Waals surface area contributed by atoms with Gasteiger partial charge < -0.3 is 0 Å². The van der Waals surface area contributed by atoms with Crippen LogP contribution in [-0.2, 0) is 19.4 Å². The van der Waals surface area contributed by atoms with Crippen LogP contribution in [0.3, 0.4) is 0 Å². The summed E-state index contributed by atoms with van der Waals surface area (Å²) in [5.41, 5.74) is 2.96. The number of aryl methyl sites for hydroxylation is 3. The van der Waals surface area contributed by atoms with Crippen LogP contribution in [0.5, 0.6) is 0 Å². The van der Waals surface area contributed by atoms with E-state index >= 15 is 0 Å². The van der Waals surface area contributed by atoms with Crippen molar-refractivity contribution < 1.29 is 4.57 Å². The zero-order valence-electron chi connectivity index (χ0n) is 16.8. The molecule has 0 aliphatic heterocycles. The summed E-state index contributed by atoms with van der Waals surface area (Å²) >= 11 is 0. The first-order valence-electron chi connectivity index (χ1n) is 10.8. The number of aromatic nitrogens is 1. The smallest absolute Gasteiger partial charge is 0.171 e. The Labute approximate surface area is 151 Å². The molecule has 24 heavy (non-hydrogen) atoms. The van der Waals surface area contributed by atoms with Crippen molar-refractivity contribution in [3.05, 3.63) is 29.6 Å². The van der Waals surface area contributed by atoms with Crippen molar-refractivity contribution in [1.29, 1.82) is 0 Å². The van der Waals surface area contributed by atoms with E-state index in [1.807, 2.05) is 0 Å². The molecule has 0 atom stereocenters. The summed E-state index contributed by atoms with van der Waals surface area (Å²) < 4.78 is 2.42. The molecule has 0 unspecified atom stereocenters. The van der Waals surface area contributed by atoms with Crippen LogP contribution in [0.4, 0.5) is 0 Å². The minimum atomic E-state index is 1.15. The lowest BCUT2D eigenvalue weighted by Crippen LogP contribution is -2.34. The van der Waals surface area contributed by atoms with Crippen molar-refractivity contribution in [2.24, 2.45) is 0 Å².